The molecule has 48 heavy (non-hydrogen) atoms. The van der Waals surface area contributed by atoms with Gasteiger partial charge in [-0.05, 0) is 75.4 Å². The number of carbonyl (C=O) groups is 1. The number of hydrogen-bond acceptors (Lipinski definition) is 7. The van der Waals surface area contributed by atoms with Crippen LogP contribution in [-0.2, 0) is 12.0 Å². The summed E-state index contributed by atoms with van der Waals surface area (Å²) in [6.45, 7) is 19.4. The van der Waals surface area contributed by atoms with Crippen LogP contribution in [0.5, 0.6) is 5.75 Å². The van der Waals surface area contributed by atoms with Crippen LogP contribution in [0.15, 0.2) is 58.4 Å². The highest BCUT2D eigenvalue weighted by molar-refractivity contribution is 5.92. The van der Waals surface area contributed by atoms with Crippen LogP contribution in [0.1, 0.15) is 91.1 Å². The van der Waals surface area contributed by atoms with Gasteiger partial charge in [-0.1, -0.05) is 71.0 Å². The summed E-state index contributed by atoms with van der Waals surface area (Å²) in [4.78, 5) is 35.8. The van der Waals surface area contributed by atoms with Crippen LogP contribution in [0.4, 0.5) is 10.5 Å². The maximum absolute atomic E-state index is 12.4. The van der Waals surface area contributed by atoms with Gasteiger partial charge < -0.3 is 42.9 Å². The predicted octanol–water partition coefficient (Wildman–Crippen LogP) is 4.95. The molecule has 3 rings (SSSR count). The number of anilines is 1. The van der Waals surface area contributed by atoms with Crippen molar-refractivity contribution in [3.63, 3.8) is 0 Å². The van der Waals surface area contributed by atoms with Gasteiger partial charge in [0.1, 0.15) is 11.6 Å². The second-order valence-corrected chi connectivity index (χ2v) is 14.0. The van der Waals surface area contributed by atoms with E-state index < -0.39 is 0 Å². The first kappa shape index (κ1) is 39.8. The van der Waals surface area contributed by atoms with Gasteiger partial charge in [0.05, 0.1) is 17.9 Å². The van der Waals surface area contributed by atoms with E-state index in [0.29, 0.717) is 36.8 Å². The Morgan fingerprint density at radius 3 is 2.27 bits per heavy atom. The zero-order valence-corrected chi connectivity index (χ0v) is 30.0. The van der Waals surface area contributed by atoms with Crippen molar-refractivity contribution in [3.8, 4) is 16.9 Å². The van der Waals surface area contributed by atoms with E-state index in [1.165, 1.54) is 0 Å². The highest BCUT2D eigenvalue weighted by Gasteiger charge is 2.19. The molecule has 1 aromatic heterocycles. The van der Waals surface area contributed by atoms with E-state index in [1.807, 2.05) is 84.0 Å². The highest BCUT2D eigenvalue weighted by atomic mass is 16.5. The quantitative estimate of drug-likeness (QED) is 0.0757. The molecule has 0 fully saturated rings. The van der Waals surface area contributed by atoms with E-state index in [0.717, 1.165) is 48.3 Å². The van der Waals surface area contributed by atoms with E-state index in [-0.39, 0.29) is 34.4 Å². The molecule has 0 radical (unpaired) electrons. The minimum Gasteiger partial charge on any atom is -0.491 e. The van der Waals surface area contributed by atoms with E-state index in [1.54, 1.807) is 6.20 Å². The zero-order valence-electron chi connectivity index (χ0n) is 30.0. The molecular formula is C36H57N9O3. The van der Waals surface area contributed by atoms with Crippen LogP contribution < -0.4 is 43.4 Å². The summed E-state index contributed by atoms with van der Waals surface area (Å²) in [6.07, 6.45) is 3.30. The van der Waals surface area contributed by atoms with Crippen LogP contribution in [0, 0.1) is 0 Å². The van der Waals surface area contributed by atoms with Crippen molar-refractivity contribution >= 4 is 17.7 Å². The maximum Gasteiger partial charge on any atom is 0.319 e. The third-order valence-corrected chi connectivity index (χ3v) is 6.92. The molecule has 264 valence electrons. The standard InChI is InChI=1S/C19H28N6O.C17H29N3O2/c1-19(2,3)17-24-12-15(16(26)25-17)14-7-5-13(6-8-14)11-22-9-4-10-23-18(20)21;1-12(2)13-8-6-9-14(22-11-7-10-18)15(13)19-16(21)20-17(3,4)5/h5-8,12,22H,4,9-11H2,1-3H3,(H4,20,21,23)(H,24,25,26);6,8-9,12H,7,10-11,18H2,1-5H3,(H2,19,20,21). The number of hydrogen-bond donors (Lipinski definition) is 7. The van der Waals surface area contributed by atoms with Crippen LogP contribution in [-0.4, -0.2) is 53.7 Å². The number of nitrogens with two attached hydrogens (primary N) is 3. The Balaban J connectivity index is 0.000000339. The van der Waals surface area contributed by atoms with E-state index >= 15 is 0 Å². The largest absolute Gasteiger partial charge is 0.491 e. The van der Waals surface area contributed by atoms with Gasteiger partial charge in [0, 0.05) is 30.2 Å². The fourth-order valence-electron chi connectivity index (χ4n) is 4.46. The Morgan fingerprint density at radius 1 is 1.02 bits per heavy atom. The molecule has 0 aliphatic rings. The molecule has 10 N–H and O–H groups in total. The van der Waals surface area contributed by atoms with Crippen LogP contribution in [0.2, 0.25) is 0 Å². The zero-order chi connectivity index (χ0) is 35.9. The third-order valence-electron chi connectivity index (χ3n) is 6.92. The number of rotatable bonds is 13. The number of benzene rings is 2. The Labute approximate surface area is 285 Å². The van der Waals surface area contributed by atoms with Gasteiger partial charge in [-0.25, -0.2) is 9.78 Å². The summed E-state index contributed by atoms with van der Waals surface area (Å²) in [5.74, 6) is 1.78. The molecule has 12 heteroatoms. The number of nitrogens with zero attached hydrogens (tertiary/aromatic N) is 2. The van der Waals surface area contributed by atoms with Gasteiger partial charge in [0.25, 0.3) is 5.56 Å². The first-order chi connectivity index (χ1) is 22.5. The van der Waals surface area contributed by atoms with Crippen molar-refractivity contribution in [1.29, 1.82) is 0 Å². The van der Waals surface area contributed by atoms with Crippen molar-refractivity contribution in [2.75, 3.05) is 31.6 Å². The molecule has 0 aliphatic carbocycles. The van der Waals surface area contributed by atoms with Crippen molar-refractivity contribution in [3.05, 3.63) is 76.0 Å². The predicted molar refractivity (Wildman–Crippen MR) is 198 cm³/mol. The number of nitrogens with one attached hydrogen (secondary N) is 4. The lowest BCUT2D eigenvalue weighted by Crippen LogP contribution is -2.43. The van der Waals surface area contributed by atoms with Gasteiger partial charge in [0.2, 0.25) is 0 Å². The van der Waals surface area contributed by atoms with Gasteiger partial charge in [-0.2, -0.15) is 0 Å². The second kappa shape index (κ2) is 18.8. The Kier molecular flexibility index (Phi) is 15.6. The molecule has 0 saturated heterocycles. The van der Waals surface area contributed by atoms with Crippen LogP contribution in [0.3, 0.4) is 0 Å². The number of aromatic amines is 1. The topological polar surface area (TPSA) is 199 Å². The van der Waals surface area contributed by atoms with Crippen LogP contribution >= 0.6 is 0 Å². The van der Waals surface area contributed by atoms with E-state index in [4.69, 9.17) is 21.9 Å². The molecule has 2 aromatic carbocycles. The van der Waals surface area contributed by atoms with Gasteiger partial charge in [0.15, 0.2) is 5.96 Å². The average molecular weight is 664 g/mol. The number of aromatic nitrogens is 2. The number of ether oxygens (including phenoxy) is 1. The second-order valence-electron chi connectivity index (χ2n) is 14.0. The van der Waals surface area contributed by atoms with E-state index in [9.17, 15) is 9.59 Å². The lowest BCUT2D eigenvalue weighted by molar-refractivity contribution is 0.243. The normalized spacial score (nSPS) is 11.4. The molecule has 0 atom stereocenters. The molecule has 0 spiro atoms. The van der Waals surface area contributed by atoms with Crippen LogP contribution in [0.25, 0.3) is 11.1 Å². The maximum atomic E-state index is 12.4. The summed E-state index contributed by atoms with van der Waals surface area (Å²) in [6, 6.07) is 13.5. The smallest absolute Gasteiger partial charge is 0.319 e. The number of aliphatic imine (C=N–C) groups is 1. The highest BCUT2D eigenvalue weighted by Crippen LogP contribution is 2.33. The third kappa shape index (κ3) is 14.1. The summed E-state index contributed by atoms with van der Waals surface area (Å²) in [5, 5.41) is 9.18. The minimum absolute atomic E-state index is 0.115. The molecule has 1 heterocycles. The molecule has 3 aromatic rings. The number of guanidine groups is 1. The lowest BCUT2D eigenvalue weighted by atomic mass is 9.95. The monoisotopic (exact) mass is 663 g/mol. The van der Waals surface area contributed by atoms with Crippen molar-refractivity contribution in [2.24, 2.45) is 22.2 Å². The summed E-state index contributed by atoms with van der Waals surface area (Å²) < 4.78 is 5.78. The Bertz CT molecular complexity index is 1520. The summed E-state index contributed by atoms with van der Waals surface area (Å²) in [5.41, 5.74) is 19.8. The first-order valence-corrected chi connectivity index (χ1v) is 16.5. The summed E-state index contributed by atoms with van der Waals surface area (Å²) in [7, 11) is 0. The number of carbonyl (C=O) groups excluding carboxylic acids is 1. The average Bonchev–Trinajstić information content (AvgIpc) is 2.99. The number of H-pyrrole nitrogens is 1. The molecule has 12 nitrogen and oxygen atoms in total. The Hall–Kier alpha value is -4.42. The van der Waals surface area contributed by atoms with Gasteiger partial charge >= 0.3 is 6.03 Å². The molecule has 0 bridgehead atoms. The fourth-order valence-corrected chi connectivity index (χ4v) is 4.46. The minimum atomic E-state index is -0.294. The van der Waals surface area contributed by atoms with E-state index in [2.05, 4.69) is 44.8 Å². The number of amides is 2. The van der Waals surface area contributed by atoms with Crippen molar-refractivity contribution in [2.45, 2.75) is 91.6 Å². The Morgan fingerprint density at radius 2 is 1.71 bits per heavy atom. The van der Waals surface area contributed by atoms with Crippen molar-refractivity contribution in [1.82, 2.24) is 20.6 Å². The number of para-hydroxylation sites is 1. The molecule has 0 unspecified atom stereocenters. The lowest BCUT2D eigenvalue weighted by Gasteiger charge is -2.23. The molecule has 2 amide bonds. The van der Waals surface area contributed by atoms with Gasteiger partial charge in [-0.3, -0.25) is 9.79 Å². The van der Waals surface area contributed by atoms with Gasteiger partial charge in [-0.15, -0.1) is 0 Å². The fraction of sp³-hybridized carbons (Fsp3) is 0.500. The van der Waals surface area contributed by atoms with Crippen molar-refractivity contribution < 1.29 is 9.53 Å². The first-order valence-electron chi connectivity index (χ1n) is 16.5. The molecule has 0 aliphatic heterocycles. The number of urea groups is 1. The molecule has 0 saturated carbocycles. The molecular weight excluding hydrogens is 606 g/mol. The SMILES string of the molecule is CC(C)(C)c1ncc(-c2ccc(CNCCCN=C(N)N)cc2)c(=O)[nH]1.CC(C)c1cccc(OCCCN)c1NC(=O)NC(C)(C)C. The summed E-state index contributed by atoms with van der Waals surface area (Å²) >= 11 is 0.